The molecule has 1 aromatic heterocycles. The highest BCUT2D eigenvalue weighted by atomic mass is 32.2. The van der Waals surface area contributed by atoms with E-state index in [9.17, 15) is 22.8 Å². The zero-order chi connectivity index (χ0) is 23.8. The van der Waals surface area contributed by atoms with Gasteiger partial charge >= 0.3 is 5.97 Å². The molecule has 0 aliphatic carbocycles. The Hall–Kier alpha value is -3.25. The Kier molecular flexibility index (Phi) is 6.21. The molecule has 2 aliphatic heterocycles. The van der Waals surface area contributed by atoms with Gasteiger partial charge in [-0.3, -0.25) is 14.4 Å². The van der Waals surface area contributed by atoms with Crippen LogP contribution in [0.2, 0.25) is 0 Å². The molecule has 10 nitrogen and oxygen atoms in total. The Morgan fingerprint density at radius 1 is 1.27 bits per heavy atom. The lowest BCUT2D eigenvalue weighted by atomic mass is 9.97. The van der Waals surface area contributed by atoms with Crippen molar-refractivity contribution in [2.45, 2.75) is 30.8 Å². The van der Waals surface area contributed by atoms with E-state index >= 15 is 0 Å². The molecule has 3 N–H and O–H groups in total. The molecule has 4 rings (SSSR count). The van der Waals surface area contributed by atoms with Gasteiger partial charge in [-0.15, -0.1) is 15.7 Å². The molecule has 2 aromatic rings. The number of sulfonamides is 1. The van der Waals surface area contributed by atoms with Crippen LogP contribution in [0.25, 0.3) is 0 Å². The monoisotopic (exact) mass is 490 g/mol. The summed E-state index contributed by atoms with van der Waals surface area (Å²) in [5.74, 6) is -2.03. The molecular formula is C21H22N4O6S2. The number of carbonyl (C=O) groups excluding carboxylic acids is 3. The van der Waals surface area contributed by atoms with E-state index in [4.69, 9.17) is 10.5 Å². The van der Waals surface area contributed by atoms with Crippen LogP contribution in [-0.2, 0) is 24.3 Å². The topological polar surface area (TPSA) is 148 Å². The number of anilines is 1. The standard InChI is InChI=1S/C21H22N4O6S2/c1-12(19(27)23-20-15(17(22)26)8-10-32-20)31-21(28)13-5-4-9-25(11-13)18-14-6-2-3-7-16(14)33(29,30)24-18/h2-3,6-8,10,12-13H,4-5,9,11H2,1H3,(H2,22,26)(H,23,27)/t12-,13-/m0/s1. The molecule has 174 valence electrons. The summed E-state index contributed by atoms with van der Waals surface area (Å²) in [7, 11) is -3.76. The van der Waals surface area contributed by atoms with Gasteiger partial charge in [0.2, 0.25) is 0 Å². The number of ether oxygens (including phenoxy) is 1. The third-order valence-electron chi connectivity index (χ3n) is 5.50. The van der Waals surface area contributed by atoms with Crippen LogP contribution in [0.3, 0.4) is 0 Å². The van der Waals surface area contributed by atoms with E-state index in [2.05, 4.69) is 9.71 Å². The number of hydrogen-bond acceptors (Lipinski definition) is 8. The molecule has 1 fully saturated rings. The molecule has 2 atom stereocenters. The lowest BCUT2D eigenvalue weighted by molar-refractivity contribution is -0.158. The van der Waals surface area contributed by atoms with Crippen molar-refractivity contribution in [3.8, 4) is 0 Å². The first-order valence-electron chi connectivity index (χ1n) is 10.3. The van der Waals surface area contributed by atoms with Crippen LogP contribution in [-0.4, -0.2) is 56.1 Å². The van der Waals surface area contributed by atoms with E-state index in [0.717, 1.165) is 11.3 Å². The highest BCUT2D eigenvalue weighted by Gasteiger charge is 2.36. The average molecular weight is 491 g/mol. The molecule has 2 amide bonds. The van der Waals surface area contributed by atoms with Gasteiger partial charge in [0.05, 0.1) is 11.5 Å². The van der Waals surface area contributed by atoms with E-state index in [1.54, 1.807) is 28.5 Å². The van der Waals surface area contributed by atoms with E-state index in [0.29, 0.717) is 35.8 Å². The number of thiophene rings is 1. The van der Waals surface area contributed by atoms with E-state index in [1.165, 1.54) is 19.1 Å². The highest BCUT2D eigenvalue weighted by Crippen LogP contribution is 2.30. The van der Waals surface area contributed by atoms with Crippen LogP contribution in [0.5, 0.6) is 0 Å². The minimum absolute atomic E-state index is 0.152. The SMILES string of the molecule is C[C@H](OC(=O)[C@H]1CCCN(C2=NS(=O)(=O)c3ccccc32)C1)C(=O)Nc1sccc1C(N)=O. The fourth-order valence-electron chi connectivity index (χ4n) is 3.82. The van der Waals surface area contributed by atoms with Gasteiger partial charge in [0, 0.05) is 18.7 Å². The van der Waals surface area contributed by atoms with E-state index in [1.807, 2.05) is 0 Å². The zero-order valence-electron chi connectivity index (χ0n) is 17.7. The largest absolute Gasteiger partial charge is 0.452 e. The Morgan fingerprint density at radius 3 is 2.79 bits per heavy atom. The van der Waals surface area contributed by atoms with Gasteiger partial charge in [0.1, 0.15) is 9.90 Å². The Balaban J connectivity index is 1.41. The number of piperidine rings is 1. The van der Waals surface area contributed by atoms with Crippen molar-refractivity contribution in [1.82, 2.24) is 4.90 Å². The van der Waals surface area contributed by atoms with Crippen LogP contribution in [0.4, 0.5) is 5.00 Å². The Bertz CT molecular complexity index is 1250. The lowest BCUT2D eigenvalue weighted by Crippen LogP contribution is -2.44. The first-order valence-corrected chi connectivity index (χ1v) is 12.6. The summed E-state index contributed by atoms with van der Waals surface area (Å²) in [4.78, 5) is 38.6. The summed E-state index contributed by atoms with van der Waals surface area (Å²) in [6.07, 6.45) is 0.0848. The van der Waals surface area contributed by atoms with Crippen LogP contribution in [0, 0.1) is 5.92 Å². The molecule has 0 radical (unpaired) electrons. The maximum atomic E-state index is 12.8. The summed E-state index contributed by atoms with van der Waals surface area (Å²) in [5.41, 5.74) is 5.98. The Labute approximate surface area is 194 Å². The molecule has 3 heterocycles. The first kappa shape index (κ1) is 22.9. The predicted molar refractivity (Wildman–Crippen MR) is 121 cm³/mol. The van der Waals surface area contributed by atoms with Gasteiger partial charge in [-0.25, -0.2) is 0 Å². The van der Waals surface area contributed by atoms with E-state index < -0.39 is 39.8 Å². The predicted octanol–water partition coefficient (Wildman–Crippen LogP) is 1.58. The summed E-state index contributed by atoms with van der Waals surface area (Å²) in [5, 5.41) is 4.47. The number of likely N-dealkylation sites (tertiary alicyclic amines) is 1. The first-order chi connectivity index (χ1) is 15.7. The smallest absolute Gasteiger partial charge is 0.311 e. The number of amidine groups is 1. The number of nitrogens with zero attached hydrogens (tertiary/aromatic N) is 2. The van der Waals surface area contributed by atoms with Crippen molar-refractivity contribution >= 4 is 50.0 Å². The minimum Gasteiger partial charge on any atom is -0.452 e. The summed E-state index contributed by atoms with van der Waals surface area (Å²) >= 11 is 1.14. The fraction of sp³-hybridized carbons (Fsp3) is 0.333. The molecule has 2 aliphatic rings. The highest BCUT2D eigenvalue weighted by molar-refractivity contribution is 7.90. The number of amides is 2. The molecule has 33 heavy (non-hydrogen) atoms. The van der Waals surface area contributed by atoms with Gasteiger partial charge in [-0.2, -0.15) is 8.42 Å². The van der Waals surface area contributed by atoms with Gasteiger partial charge in [-0.1, -0.05) is 12.1 Å². The molecule has 0 bridgehead atoms. The van der Waals surface area contributed by atoms with Crippen LogP contribution in [0.15, 0.2) is 45.0 Å². The fourth-order valence-corrected chi connectivity index (χ4v) is 5.84. The van der Waals surface area contributed by atoms with Crippen molar-refractivity contribution in [1.29, 1.82) is 0 Å². The number of fused-ring (bicyclic) bond motifs is 1. The van der Waals surface area contributed by atoms with Gasteiger partial charge in [0.25, 0.3) is 21.8 Å². The van der Waals surface area contributed by atoms with Crippen molar-refractivity contribution < 1.29 is 27.5 Å². The quantitative estimate of drug-likeness (QED) is 0.605. The van der Waals surface area contributed by atoms with Gasteiger partial charge < -0.3 is 20.7 Å². The second-order valence-corrected chi connectivity index (χ2v) is 10.3. The minimum atomic E-state index is -3.76. The maximum absolute atomic E-state index is 12.8. The molecular weight excluding hydrogens is 468 g/mol. The zero-order valence-corrected chi connectivity index (χ0v) is 19.3. The van der Waals surface area contributed by atoms with Crippen molar-refractivity contribution in [3.63, 3.8) is 0 Å². The number of carbonyl (C=O) groups is 3. The van der Waals surface area contributed by atoms with Crippen molar-refractivity contribution in [2.75, 3.05) is 18.4 Å². The number of hydrogen-bond donors (Lipinski definition) is 2. The normalized spacial score (nSPS) is 19.8. The summed E-state index contributed by atoms with van der Waals surface area (Å²) < 4.78 is 34.0. The summed E-state index contributed by atoms with van der Waals surface area (Å²) in [6, 6.07) is 8.08. The third kappa shape index (κ3) is 4.62. The summed E-state index contributed by atoms with van der Waals surface area (Å²) in [6.45, 7) is 2.22. The second kappa shape index (κ2) is 8.94. The lowest BCUT2D eigenvalue weighted by Gasteiger charge is -2.33. The molecule has 1 saturated heterocycles. The number of nitrogens with one attached hydrogen (secondary N) is 1. The second-order valence-electron chi connectivity index (χ2n) is 7.77. The van der Waals surface area contributed by atoms with Crippen molar-refractivity contribution in [2.24, 2.45) is 16.0 Å². The molecule has 12 heteroatoms. The van der Waals surface area contributed by atoms with Crippen LogP contribution < -0.4 is 11.1 Å². The Morgan fingerprint density at radius 2 is 2.03 bits per heavy atom. The number of rotatable bonds is 5. The molecule has 1 aromatic carbocycles. The average Bonchev–Trinajstić information content (AvgIpc) is 3.36. The molecule has 0 unspecified atom stereocenters. The third-order valence-corrected chi connectivity index (χ3v) is 7.65. The van der Waals surface area contributed by atoms with E-state index in [-0.39, 0.29) is 17.0 Å². The number of esters is 1. The van der Waals surface area contributed by atoms with Crippen LogP contribution in [0.1, 0.15) is 35.7 Å². The van der Waals surface area contributed by atoms with Gasteiger partial charge in [0.15, 0.2) is 11.9 Å². The van der Waals surface area contributed by atoms with Gasteiger partial charge in [-0.05, 0) is 43.3 Å². The maximum Gasteiger partial charge on any atom is 0.311 e. The molecule has 0 saturated carbocycles. The number of nitrogens with two attached hydrogens (primary N) is 1. The van der Waals surface area contributed by atoms with Crippen molar-refractivity contribution in [3.05, 3.63) is 46.8 Å². The number of primary amides is 1. The molecule has 0 spiro atoms. The number of benzene rings is 1. The van der Waals surface area contributed by atoms with Crippen LogP contribution >= 0.6 is 11.3 Å².